The summed E-state index contributed by atoms with van der Waals surface area (Å²) in [7, 11) is 0. The number of hydrogen-bond acceptors (Lipinski definition) is 0. The molecule has 0 amide bonds. The Hall–Kier alpha value is -5.72. The van der Waals surface area contributed by atoms with Crippen LogP contribution in [0.1, 0.15) is 0 Å². The molecule has 0 radical (unpaired) electrons. The van der Waals surface area contributed by atoms with Crippen LogP contribution in [0.5, 0.6) is 0 Å². The summed E-state index contributed by atoms with van der Waals surface area (Å²) in [6.45, 7) is 0. The lowest BCUT2D eigenvalue weighted by molar-refractivity contribution is 1.62. The molecule has 0 nitrogen and oxygen atoms in total. The Morgan fingerprint density at radius 2 is 0.636 bits per heavy atom. The minimum atomic E-state index is 1.23. The summed E-state index contributed by atoms with van der Waals surface area (Å²) in [5.41, 5.74) is 7.47. The van der Waals surface area contributed by atoms with E-state index in [2.05, 4.69) is 170 Å². The Morgan fingerprint density at radius 1 is 0.205 bits per heavy atom. The van der Waals surface area contributed by atoms with E-state index in [1.54, 1.807) is 0 Å². The van der Waals surface area contributed by atoms with Gasteiger partial charge in [0, 0.05) is 0 Å². The van der Waals surface area contributed by atoms with Crippen LogP contribution < -0.4 is 0 Å². The molecule has 0 unspecified atom stereocenters. The lowest BCUT2D eigenvalue weighted by Gasteiger charge is -2.13. The first-order valence-corrected chi connectivity index (χ1v) is 15.3. The second kappa shape index (κ2) is 9.93. The van der Waals surface area contributed by atoms with Crippen LogP contribution in [0.4, 0.5) is 0 Å². The summed E-state index contributed by atoms with van der Waals surface area (Å²) in [6, 6.07) is 62.3. The summed E-state index contributed by atoms with van der Waals surface area (Å²) >= 11 is 0. The van der Waals surface area contributed by atoms with Gasteiger partial charge in [-0.25, -0.2) is 0 Å². The molecule has 0 heteroatoms. The van der Waals surface area contributed by atoms with Crippen molar-refractivity contribution in [2.45, 2.75) is 0 Å². The van der Waals surface area contributed by atoms with Gasteiger partial charge in [-0.1, -0.05) is 152 Å². The van der Waals surface area contributed by atoms with Crippen LogP contribution in [-0.4, -0.2) is 0 Å². The minimum Gasteiger partial charge on any atom is -0.0616 e. The SMILES string of the molecule is c1cc(-c2ccc3c4ccccc4c4ccccc4c3c2)cc(-c2cccc3cc(-c4cccc5ccccc45)ccc23)c1. The normalized spacial score (nSPS) is 11.6. The fraction of sp³-hybridized carbons (Fsp3) is 0. The van der Waals surface area contributed by atoms with Crippen molar-refractivity contribution in [3.8, 4) is 33.4 Å². The van der Waals surface area contributed by atoms with Crippen LogP contribution >= 0.6 is 0 Å². The molecule has 0 saturated carbocycles. The predicted octanol–water partition coefficient (Wildman–Crippen LogP) is 12.5. The highest BCUT2D eigenvalue weighted by molar-refractivity contribution is 6.25. The third kappa shape index (κ3) is 3.92. The predicted molar refractivity (Wildman–Crippen MR) is 190 cm³/mol. The third-order valence-corrected chi connectivity index (χ3v) is 9.23. The standard InChI is InChI=1S/C44H28/c1-2-15-35-29(10-1)11-8-20-37(35)34-23-24-38-33(27-34)14-9-21-36(38)32-13-7-12-30(26-32)31-22-25-43-41-18-4-3-16-39(41)40-17-5-6-19-42(40)44(43)28-31/h1-28H. The maximum atomic E-state index is 2.38. The fourth-order valence-corrected chi connectivity index (χ4v) is 7.13. The van der Waals surface area contributed by atoms with Crippen LogP contribution in [-0.2, 0) is 0 Å². The van der Waals surface area contributed by atoms with Gasteiger partial charge in [0.15, 0.2) is 0 Å². The number of fused-ring (bicyclic) bond motifs is 8. The molecule has 0 heterocycles. The van der Waals surface area contributed by atoms with Crippen molar-refractivity contribution in [1.82, 2.24) is 0 Å². The zero-order chi connectivity index (χ0) is 29.0. The van der Waals surface area contributed by atoms with E-state index < -0.39 is 0 Å². The highest BCUT2D eigenvalue weighted by Gasteiger charge is 2.12. The van der Waals surface area contributed by atoms with E-state index in [1.807, 2.05) is 0 Å². The van der Waals surface area contributed by atoms with Gasteiger partial charge in [0.05, 0.1) is 0 Å². The summed E-state index contributed by atoms with van der Waals surface area (Å²) in [6.07, 6.45) is 0. The average Bonchev–Trinajstić information content (AvgIpc) is 3.11. The van der Waals surface area contributed by atoms with Gasteiger partial charge >= 0.3 is 0 Å². The number of rotatable bonds is 3. The molecule has 0 aliphatic heterocycles. The summed E-state index contributed by atoms with van der Waals surface area (Å²) in [5, 5.41) is 12.9. The highest BCUT2D eigenvalue weighted by Crippen LogP contribution is 2.39. The van der Waals surface area contributed by atoms with Crippen molar-refractivity contribution in [3.05, 3.63) is 170 Å². The average molecular weight is 557 g/mol. The molecule has 204 valence electrons. The first kappa shape index (κ1) is 24.8. The number of benzene rings is 9. The van der Waals surface area contributed by atoms with E-state index in [9.17, 15) is 0 Å². The minimum absolute atomic E-state index is 1.23. The van der Waals surface area contributed by atoms with Gasteiger partial charge in [-0.05, 0) is 105 Å². The van der Waals surface area contributed by atoms with Crippen molar-refractivity contribution >= 4 is 53.9 Å². The molecule has 9 aromatic rings. The van der Waals surface area contributed by atoms with Crippen molar-refractivity contribution in [1.29, 1.82) is 0 Å². The second-order valence-corrected chi connectivity index (χ2v) is 11.7. The molecule has 0 aliphatic rings. The smallest absolute Gasteiger partial charge is 0.00928 e. The molecule has 0 aliphatic carbocycles. The Bertz CT molecular complexity index is 2510. The molecule has 9 rings (SSSR count). The van der Waals surface area contributed by atoms with Crippen molar-refractivity contribution < 1.29 is 0 Å². The Morgan fingerprint density at radius 3 is 1.36 bits per heavy atom. The number of hydrogen-bond donors (Lipinski definition) is 0. The van der Waals surface area contributed by atoms with Gasteiger partial charge in [0.25, 0.3) is 0 Å². The largest absolute Gasteiger partial charge is 0.0616 e. The van der Waals surface area contributed by atoms with Gasteiger partial charge in [0.2, 0.25) is 0 Å². The fourth-order valence-electron chi connectivity index (χ4n) is 7.13. The topological polar surface area (TPSA) is 0 Å². The summed E-state index contributed by atoms with van der Waals surface area (Å²) in [4.78, 5) is 0. The molecular formula is C44H28. The Labute approximate surface area is 256 Å². The van der Waals surface area contributed by atoms with Gasteiger partial charge in [-0.2, -0.15) is 0 Å². The van der Waals surface area contributed by atoms with Crippen LogP contribution in [0.25, 0.3) is 87.2 Å². The third-order valence-electron chi connectivity index (χ3n) is 9.23. The van der Waals surface area contributed by atoms with Gasteiger partial charge in [-0.3, -0.25) is 0 Å². The van der Waals surface area contributed by atoms with Crippen molar-refractivity contribution in [2.24, 2.45) is 0 Å². The molecule has 44 heavy (non-hydrogen) atoms. The second-order valence-electron chi connectivity index (χ2n) is 11.7. The molecule has 0 atom stereocenters. The lowest BCUT2D eigenvalue weighted by atomic mass is 9.90. The molecule has 0 fully saturated rings. The quantitative estimate of drug-likeness (QED) is 0.190. The maximum absolute atomic E-state index is 2.38. The van der Waals surface area contributed by atoms with E-state index in [-0.39, 0.29) is 0 Å². The molecule has 9 aromatic carbocycles. The lowest BCUT2D eigenvalue weighted by Crippen LogP contribution is -1.87. The molecule has 0 spiro atoms. The zero-order valence-corrected chi connectivity index (χ0v) is 24.2. The van der Waals surface area contributed by atoms with Crippen molar-refractivity contribution in [3.63, 3.8) is 0 Å². The molecule has 0 N–H and O–H groups in total. The zero-order valence-electron chi connectivity index (χ0n) is 24.2. The van der Waals surface area contributed by atoms with E-state index in [4.69, 9.17) is 0 Å². The molecule has 0 saturated heterocycles. The molecule has 0 aromatic heterocycles. The summed E-state index contributed by atoms with van der Waals surface area (Å²) < 4.78 is 0. The van der Waals surface area contributed by atoms with Gasteiger partial charge in [-0.15, -0.1) is 0 Å². The van der Waals surface area contributed by atoms with E-state index in [0.29, 0.717) is 0 Å². The molecule has 0 bridgehead atoms. The van der Waals surface area contributed by atoms with Gasteiger partial charge < -0.3 is 0 Å². The Kier molecular flexibility index (Phi) is 5.61. The maximum Gasteiger partial charge on any atom is -0.00928 e. The van der Waals surface area contributed by atoms with E-state index >= 15 is 0 Å². The highest BCUT2D eigenvalue weighted by atomic mass is 14.2. The van der Waals surface area contributed by atoms with Gasteiger partial charge in [0.1, 0.15) is 0 Å². The van der Waals surface area contributed by atoms with Crippen LogP contribution in [0.2, 0.25) is 0 Å². The van der Waals surface area contributed by atoms with Crippen LogP contribution in [0.15, 0.2) is 170 Å². The van der Waals surface area contributed by atoms with Crippen molar-refractivity contribution in [2.75, 3.05) is 0 Å². The summed E-state index contributed by atoms with van der Waals surface area (Å²) in [5.74, 6) is 0. The monoisotopic (exact) mass is 556 g/mol. The van der Waals surface area contributed by atoms with E-state index in [1.165, 1.54) is 87.2 Å². The Balaban J connectivity index is 1.17. The first-order chi connectivity index (χ1) is 21.8. The molecular weight excluding hydrogens is 528 g/mol. The van der Waals surface area contributed by atoms with Crippen LogP contribution in [0.3, 0.4) is 0 Å². The van der Waals surface area contributed by atoms with Crippen LogP contribution in [0, 0.1) is 0 Å². The first-order valence-electron chi connectivity index (χ1n) is 15.3. The van der Waals surface area contributed by atoms with E-state index in [0.717, 1.165) is 0 Å².